The van der Waals surface area contributed by atoms with E-state index in [1.54, 1.807) is 27.7 Å². The molecule has 1 aliphatic heterocycles. The third-order valence-corrected chi connectivity index (χ3v) is 11.1. The quantitative estimate of drug-likeness (QED) is 0.0745. The smallest absolute Gasteiger partial charge is 0.278 e. The number of carbonyl (C=O) groups excluding carboxylic acids is 4. The van der Waals surface area contributed by atoms with Gasteiger partial charge < -0.3 is 25.2 Å². The molecule has 59 heavy (non-hydrogen) atoms. The Hall–Kier alpha value is -6.22. The van der Waals surface area contributed by atoms with Crippen LogP contribution in [0, 0.1) is 0 Å². The van der Waals surface area contributed by atoms with Crippen molar-refractivity contribution in [3.8, 4) is 5.82 Å². The highest BCUT2D eigenvalue weighted by atomic mass is 16.2. The van der Waals surface area contributed by atoms with Gasteiger partial charge in [-0.25, -0.2) is 19.3 Å². The molecule has 6 rings (SSSR count). The van der Waals surface area contributed by atoms with Gasteiger partial charge in [0, 0.05) is 62.5 Å². The highest BCUT2D eigenvalue weighted by Crippen LogP contribution is 2.29. The second kappa shape index (κ2) is 19.0. The van der Waals surface area contributed by atoms with E-state index in [0.29, 0.717) is 59.7 Å². The first-order valence-corrected chi connectivity index (χ1v) is 20.3. The Labute approximate surface area is 344 Å². The van der Waals surface area contributed by atoms with E-state index in [2.05, 4.69) is 52.3 Å². The zero-order valence-electron chi connectivity index (χ0n) is 34.7. The predicted octanol–water partition coefficient (Wildman–Crippen LogP) is 4.26. The molecule has 0 bridgehead atoms. The van der Waals surface area contributed by atoms with Crippen LogP contribution in [0.4, 0.5) is 11.6 Å². The number of hydrogen-bond acceptors (Lipinski definition) is 11. The second-order valence-electron chi connectivity index (χ2n) is 15.1. The van der Waals surface area contributed by atoms with Crippen LogP contribution in [0.1, 0.15) is 62.8 Å². The van der Waals surface area contributed by atoms with Gasteiger partial charge in [-0.3, -0.25) is 24.1 Å². The summed E-state index contributed by atoms with van der Waals surface area (Å²) in [6.45, 7) is 10.2. The van der Waals surface area contributed by atoms with Crippen LogP contribution in [0.15, 0.2) is 83.0 Å². The van der Waals surface area contributed by atoms with Gasteiger partial charge in [0.1, 0.15) is 11.7 Å². The number of aromatic nitrogens is 5. The molecule has 1 aromatic carbocycles. The minimum atomic E-state index is -1.000. The molecular formula is C44H54N10O5. The SMILES string of the molecule is C=CCn1c(=O)c2cnc(Nc3ccc(CCCN(C)CCN(C)/C(C)=C/C4=C(CC)C(=O)N(C(C=O)CCC(=O)NC)C4=O)cc3)nc2n1-c1ccc2c(n1)CCC2. The van der Waals surface area contributed by atoms with Crippen LogP contribution in [0.3, 0.4) is 0 Å². The molecule has 3 aromatic heterocycles. The van der Waals surface area contributed by atoms with Gasteiger partial charge in [0.15, 0.2) is 11.5 Å². The fraction of sp³-hybridized carbons (Fsp3) is 0.409. The molecule has 0 spiro atoms. The summed E-state index contributed by atoms with van der Waals surface area (Å²) < 4.78 is 3.36. The van der Waals surface area contributed by atoms with Gasteiger partial charge >= 0.3 is 0 Å². The molecule has 2 aliphatic rings. The summed E-state index contributed by atoms with van der Waals surface area (Å²) in [6.07, 6.45) is 10.9. The zero-order chi connectivity index (χ0) is 42.2. The Morgan fingerprint density at radius 3 is 2.51 bits per heavy atom. The lowest BCUT2D eigenvalue weighted by Gasteiger charge is -2.24. The number of aldehydes is 1. The summed E-state index contributed by atoms with van der Waals surface area (Å²) in [5, 5.41) is 6.21. The number of nitrogens with one attached hydrogen (secondary N) is 2. The van der Waals surface area contributed by atoms with Crippen molar-refractivity contribution in [2.75, 3.05) is 46.1 Å². The molecule has 0 fully saturated rings. The van der Waals surface area contributed by atoms with Gasteiger partial charge in [-0.05, 0) is 101 Å². The fourth-order valence-electron chi connectivity index (χ4n) is 7.57. The van der Waals surface area contributed by atoms with Crippen LogP contribution in [-0.4, -0.2) is 110 Å². The monoisotopic (exact) mass is 802 g/mol. The van der Waals surface area contributed by atoms with Crippen LogP contribution in [0.25, 0.3) is 16.9 Å². The molecule has 0 saturated carbocycles. The molecule has 3 amide bonds. The first kappa shape index (κ1) is 42.4. The van der Waals surface area contributed by atoms with E-state index in [0.717, 1.165) is 67.2 Å². The topological polar surface area (TPSA) is 168 Å². The van der Waals surface area contributed by atoms with Crippen molar-refractivity contribution in [1.82, 2.24) is 44.3 Å². The minimum Gasteiger partial charge on any atom is -0.377 e. The molecule has 1 unspecified atom stereocenters. The Morgan fingerprint density at radius 1 is 1.02 bits per heavy atom. The van der Waals surface area contributed by atoms with Gasteiger partial charge in [-0.15, -0.1) is 6.58 Å². The lowest BCUT2D eigenvalue weighted by atomic mass is 10.1. The largest absolute Gasteiger partial charge is 0.377 e. The Morgan fingerprint density at radius 2 is 1.80 bits per heavy atom. The lowest BCUT2D eigenvalue weighted by Crippen LogP contribution is -2.42. The molecule has 4 heterocycles. The number of imide groups is 1. The summed E-state index contributed by atoms with van der Waals surface area (Å²) in [7, 11) is 5.53. The number of fused-ring (bicyclic) bond motifs is 2. The number of nitrogens with zero attached hydrogens (tertiary/aromatic N) is 8. The fourth-order valence-corrected chi connectivity index (χ4v) is 7.57. The van der Waals surface area contributed by atoms with E-state index >= 15 is 0 Å². The molecular weight excluding hydrogens is 749 g/mol. The summed E-state index contributed by atoms with van der Waals surface area (Å²) >= 11 is 0. The van der Waals surface area contributed by atoms with E-state index in [1.807, 2.05) is 44.0 Å². The number of benzene rings is 1. The van der Waals surface area contributed by atoms with Crippen LogP contribution in [0.2, 0.25) is 0 Å². The first-order valence-electron chi connectivity index (χ1n) is 20.3. The standard InChI is InChI=1S/C44H54N10O5/c1-7-22-52-41(57)36-27-46-44(49-40(36)54(52)38-20-16-31-12-9-13-37(31)48-38)47-32-17-14-30(15-18-32)11-10-23-50(5)24-25-51(6)29(3)26-35-34(8-2)42(58)53(43(35)59)33(28-55)19-21-39(56)45-4/h7,14-18,20,26-28,33H,1,8-13,19,21-25H2,2-6H3,(H,45,56)(H,46,47,49)/b29-26+. The van der Waals surface area contributed by atoms with Crippen molar-refractivity contribution >= 4 is 46.7 Å². The van der Waals surface area contributed by atoms with Crippen molar-refractivity contribution < 1.29 is 19.2 Å². The highest BCUT2D eigenvalue weighted by molar-refractivity contribution is 6.21. The number of hydrogen-bond donors (Lipinski definition) is 2. The maximum absolute atomic E-state index is 13.4. The molecule has 15 heteroatoms. The third kappa shape index (κ3) is 9.41. The lowest BCUT2D eigenvalue weighted by molar-refractivity contribution is -0.143. The van der Waals surface area contributed by atoms with Crippen molar-refractivity contribution in [3.05, 3.63) is 105 Å². The predicted molar refractivity (Wildman–Crippen MR) is 227 cm³/mol. The average molecular weight is 803 g/mol. The summed E-state index contributed by atoms with van der Waals surface area (Å²) in [5.74, 6) is -0.219. The highest BCUT2D eigenvalue weighted by Gasteiger charge is 2.40. The number of amides is 3. The average Bonchev–Trinajstić information content (AvgIpc) is 3.89. The van der Waals surface area contributed by atoms with Gasteiger partial charge in [-0.2, -0.15) is 4.98 Å². The van der Waals surface area contributed by atoms with Crippen LogP contribution < -0.4 is 16.2 Å². The van der Waals surface area contributed by atoms with Gasteiger partial charge in [0.25, 0.3) is 17.4 Å². The van der Waals surface area contributed by atoms with Crippen molar-refractivity contribution in [1.29, 1.82) is 0 Å². The Bertz CT molecular complexity index is 2360. The molecule has 4 aromatic rings. The van der Waals surface area contributed by atoms with E-state index in [-0.39, 0.29) is 24.3 Å². The Kier molecular flexibility index (Phi) is 13.7. The van der Waals surface area contributed by atoms with Crippen LogP contribution in [-0.2, 0) is 45.0 Å². The molecule has 15 nitrogen and oxygen atoms in total. The first-order chi connectivity index (χ1) is 28.5. The normalized spacial score (nSPS) is 14.7. The number of pyridine rings is 1. The number of aryl methyl sites for hydroxylation is 3. The zero-order valence-corrected chi connectivity index (χ0v) is 34.7. The maximum Gasteiger partial charge on any atom is 0.278 e. The molecule has 2 N–H and O–H groups in total. The number of allylic oxidation sites excluding steroid dienone is 2. The van der Waals surface area contributed by atoms with Crippen LogP contribution in [0.5, 0.6) is 0 Å². The van der Waals surface area contributed by atoms with Gasteiger partial charge in [0.2, 0.25) is 11.9 Å². The van der Waals surface area contributed by atoms with Crippen LogP contribution >= 0.6 is 0 Å². The van der Waals surface area contributed by atoms with Crippen molar-refractivity contribution in [2.24, 2.45) is 0 Å². The summed E-state index contributed by atoms with van der Waals surface area (Å²) in [6, 6.07) is 11.2. The number of anilines is 2. The van der Waals surface area contributed by atoms with Crippen molar-refractivity contribution in [2.45, 2.75) is 77.8 Å². The third-order valence-electron chi connectivity index (χ3n) is 11.1. The number of rotatable bonds is 20. The molecule has 1 aliphatic carbocycles. The number of carbonyl (C=O) groups is 4. The molecule has 0 radical (unpaired) electrons. The van der Waals surface area contributed by atoms with Gasteiger partial charge in [0.05, 0.1) is 18.2 Å². The van der Waals surface area contributed by atoms with E-state index in [4.69, 9.17) is 9.97 Å². The van der Waals surface area contributed by atoms with Crippen molar-refractivity contribution in [3.63, 3.8) is 0 Å². The Balaban J connectivity index is 1.01. The molecule has 1 atom stereocenters. The second-order valence-corrected chi connectivity index (χ2v) is 15.1. The molecule has 0 saturated heterocycles. The van der Waals surface area contributed by atoms with Gasteiger partial charge in [-0.1, -0.05) is 31.2 Å². The molecule has 310 valence electrons. The van der Waals surface area contributed by atoms with E-state index in [9.17, 15) is 24.0 Å². The summed E-state index contributed by atoms with van der Waals surface area (Å²) in [4.78, 5) is 83.0. The van der Waals surface area contributed by atoms with E-state index < -0.39 is 17.9 Å². The summed E-state index contributed by atoms with van der Waals surface area (Å²) in [5.41, 5.74) is 6.12. The minimum absolute atomic E-state index is 0.0330. The van der Waals surface area contributed by atoms with E-state index in [1.165, 1.54) is 18.2 Å². The number of likely N-dealkylation sites (N-methyl/N-ethyl adjacent to an activating group) is 2. The maximum atomic E-state index is 13.4.